The minimum atomic E-state index is -3.72. The average molecular weight is 440 g/mol. The number of hydrogen-bond acceptors (Lipinski definition) is 4. The van der Waals surface area contributed by atoms with Crippen molar-refractivity contribution in [1.29, 1.82) is 0 Å². The van der Waals surface area contributed by atoms with Crippen LogP contribution in [0.3, 0.4) is 0 Å². The Hall–Kier alpha value is -3.71. The van der Waals surface area contributed by atoms with Crippen LogP contribution in [0.4, 0.5) is 11.4 Å². The summed E-state index contributed by atoms with van der Waals surface area (Å²) < 4.78 is 28.1. The van der Waals surface area contributed by atoms with E-state index < -0.39 is 10.0 Å². The van der Waals surface area contributed by atoms with Gasteiger partial charge in [-0.05, 0) is 53.6 Å². The Morgan fingerprint density at radius 2 is 1.38 bits per heavy atom. The van der Waals surface area contributed by atoms with Crippen molar-refractivity contribution in [3.05, 3.63) is 103 Å². The third kappa shape index (κ3) is 5.13. The van der Waals surface area contributed by atoms with Crippen LogP contribution in [0.5, 0.6) is 5.75 Å². The number of aromatic hydroxyl groups is 1. The quantitative estimate of drug-likeness (QED) is 0.375. The van der Waals surface area contributed by atoms with Gasteiger partial charge in [0.1, 0.15) is 13.6 Å². The van der Waals surface area contributed by atoms with E-state index in [4.69, 9.17) is 7.85 Å². The molecule has 0 bridgehead atoms. The summed E-state index contributed by atoms with van der Waals surface area (Å²) >= 11 is 0. The second kappa shape index (κ2) is 9.20. The van der Waals surface area contributed by atoms with Crippen molar-refractivity contribution >= 4 is 34.7 Å². The molecule has 4 rings (SSSR count). The van der Waals surface area contributed by atoms with E-state index in [1.165, 1.54) is 18.2 Å². The maximum atomic E-state index is 12.7. The van der Waals surface area contributed by atoms with E-state index in [1.807, 2.05) is 42.5 Å². The van der Waals surface area contributed by atoms with Gasteiger partial charge in [-0.3, -0.25) is 4.72 Å². The Kier molecular flexibility index (Phi) is 6.19. The highest BCUT2D eigenvalue weighted by atomic mass is 32.2. The predicted molar refractivity (Wildman–Crippen MR) is 130 cm³/mol. The summed E-state index contributed by atoms with van der Waals surface area (Å²) in [5.74, 6) is 0.110. The van der Waals surface area contributed by atoms with Gasteiger partial charge in [-0.1, -0.05) is 60.1 Å². The van der Waals surface area contributed by atoms with Crippen LogP contribution < -0.4 is 15.5 Å². The number of phenols is 1. The monoisotopic (exact) mass is 440 g/mol. The molecule has 3 N–H and O–H groups in total. The fourth-order valence-corrected chi connectivity index (χ4v) is 4.31. The fraction of sp³-hybridized carbons (Fsp3) is 0.0400. The lowest BCUT2D eigenvalue weighted by Gasteiger charge is -2.11. The summed E-state index contributed by atoms with van der Waals surface area (Å²) in [5.41, 5.74) is 4.48. The minimum absolute atomic E-state index is 0.110. The molecule has 0 saturated carbocycles. The van der Waals surface area contributed by atoms with Crippen LogP contribution in [0.25, 0.3) is 11.1 Å². The molecule has 0 aliphatic carbocycles. The molecule has 0 heterocycles. The largest absolute Gasteiger partial charge is 0.508 e. The van der Waals surface area contributed by atoms with Crippen LogP contribution in [0.1, 0.15) is 5.56 Å². The summed E-state index contributed by atoms with van der Waals surface area (Å²) in [7, 11) is 1.92. The molecule has 0 aromatic heterocycles. The third-order valence-corrected chi connectivity index (χ3v) is 6.40. The molecule has 158 valence electrons. The first-order chi connectivity index (χ1) is 15.4. The van der Waals surface area contributed by atoms with Gasteiger partial charge in [0.05, 0.1) is 4.90 Å². The maximum absolute atomic E-state index is 12.7. The Balaban J connectivity index is 1.41. The highest BCUT2D eigenvalue weighted by Crippen LogP contribution is 2.24. The first-order valence-electron chi connectivity index (χ1n) is 10.0. The van der Waals surface area contributed by atoms with Crippen molar-refractivity contribution in [2.45, 2.75) is 11.4 Å². The van der Waals surface area contributed by atoms with E-state index in [1.54, 1.807) is 36.4 Å². The maximum Gasteiger partial charge on any atom is 0.261 e. The molecule has 0 atom stereocenters. The molecule has 0 amide bonds. The molecule has 0 fully saturated rings. The smallest absolute Gasteiger partial charge is 0.261 e. The van der Waals surface area contributed by atoms with Gasteiger partial charge < -0.3 is 10.4 Å². The summed E-state index contributed by atoms with van der Waals surface area (Å²) in [6.07, 6.45) is 0. The predicted octanol–water partition coefficient (Wildman–Crippen LogP) is 4.27. The second-order valence-corrected chi connectivity index (χ2v) is 9.00. The van der Waals surface area contributed by atoms with Crippen molar-refractivity contribution in [2.75, 3.05) is 10.0 Å². The summed E-state index contributed by atoms with van der Waals surface area (Å²) in [4.78, 5) is 0.158. The minimum Gasteiger partial charge on any atom is -0.508 e. The van der Waals surface area contributed by atoms with Crippen molar-refractivity contribution in [3.8, 4) is 16.9 Å². The standard InChI is InChI=1S/C25H21BN2O3S/c26-21-9-6-20(25(29)16-21)17-27-22-12-14-24(15-13-22)32(30,31)28-23-10-7-19(8-11-23)18-4-2-1-3-5-18/h1-16,27-29H,17H2. The summed E-state index contributed by atoms with van der Waals surface area (Å²) in [6.45, 7) is 0.379. The lowest BCUT2D eigenvalue weighted by atomic mass is 9.94. The molecule has 0 saturated heterocycles. The number of anilines is 2. The van der Waals surface area contributed by atoms with Gasteiger partial charge in [0, 0.05) is 23.5 Å². The third-order valence-electron chi connectivity index (χ3n) is 5.00. The van der Waals surface area contributed by atoms with Crippen LogP contribution in [0.2, 0.25) is 0 Å². The van der Waals surface area contributed by atoms with Crippen molar-refractivity contribution in [1.82, 2.24) is 0 Å². The zero-order valence-electron chi connectivity index (χ0n) is 17.2. The van der Waals surface area contributed by atoms with E-state index in [0.29, 0.717) is 23.3 Å². The number of sulfonamides is 1. The SMILES string of the molecule is [B]c1ccc(CNc2ccc(S(=O)(=O)Nc3ccc(-c4ccccc4)cc3)cc2)c(O)c1. The topological polar surface area (TPSA) is 78.4 Å². The molecule has 0 unspecified atom stereocenters. The summed E-state index contributed by atoms with van der Waals surface area (Å²) in [6, 6.07) is 28.5. The molecule has 0 aliphatic heterocycles. The first kappa shape index (κ1) is 21.5. The molecule has 5 nitrogen and oxygen atoms in total. The Morgan fingerprint density at radius 1 is 0.750 bits per heavy atom. The summed E-state index contributed by atoms with van der Waals surface area (Å²) in [5, 5.41) is 13.1. The first-order valence-corrected chi connectivity index (χ1v) is 11.5. The Bertz CT molecular complexity index is 1310. The van der Waals surface area contributed by atoms with Gasteiger partial charge in [0.25, 0.3) is 10.0 Å². The van der Waals surface area contributed by atoms with Crippen LogP contribution >= 0.6 is 0 Å². The van der Waals surface area contributed by atoms with Crippen molar-refractivity contribution in [3.63, 3.8) is 0 Å². The molecule has 4 aromatic carbocycles. The Labute approximate surface area is 189 Å². The van der Waals surface area contributed by atoms with Crippen molar-refractivity contribution in [2.24, 2.45) is 0 Å². The van der Waals surface area contributed by atoms with Crippen LogP contribution in [0, 0.1) is 0 Å². The van der Waals surface area contributed by atoms with E-state index in [2.05, 4.69) is 10.0 Å². The molecule has 2 radical (unpaired) electrons. The molecule has 7 heteroatoms. The zero-order chi connectivity index (χ0) is 22.6. The number of benzene rings is 4. The normalized spacial score (nSPS) is 11.1. The van der Waals surface area contributed by atoms with Gasteiger partial charge in [-0.25, -0.2) is 8.42 Å². The number of rotatable bonds is 7. The van der Waals surface area contributed by atoms with E-state index in [9.17, 15) is 13.5 Å². The molecule has 4 aromatic rings. The number of nitrogens with one attached hydrogen (secondary N) is 2. The molecular weight excluding hydrogens is 419 g/mol. The van der Waals surface area contributed by atoms with Gasteiger partial charge in [-0.2, -0.15) is 0 Å². The van der Waals surface area contributed by atoms with Crippen LogP contribution in [0.15, 0.2) is 102 Å². The van der Waals surface area contributed by atoms with Crippen LogP contribution in [-0.2, 0) is 16.6 Å². The molecule has 32 heavy (non-hydrogen) atoms. The van der Waals surface area contributed by atoms with Crippen molar-refractivity contribution < 1.29 is 13.5 Å². The number of phenolic OH excluding ortho intramolecular Hbond substituents is 1. The molecule has 0 aliphatic rings. The van der Waals surface area contributed by atoms with E-state index >= 15 is 0 Å². The van der Waals surface area contributed by atoms with E-state index in [0.717, 1.165) is 16.8 Å². The van der Waals surface area contributed by atoms with Gasteiger partial charge in [-0.15, -0.1) is 0 Å². The van der Waals surface area contributed by atoms with Gasteiger partial charge >= 0.3 is 0 Å². The van der Waals surface area contributed by atoms with Crippen LogP contribution in [-0.4, -0.2) is 21.4 Å². The molecule has 0 spiro atoms. The fourth-order valence-electron chi connectivity index (χ4n) is 3.25. The zero-order valence-corrected chi connectivity index (χ0v) is 18.0. The lowest BCUT2D eigenvalue weighted by Crippen LogP contribution is -2.13. The lowest BCUT2D eigenvalue weighted by molar-refractivity contribution is 0.469. The highest BCUT2D eigenvalue weighted by molar-refractivity contribution is 7.92. The van der Waals surface area contributed by atoms with Gasteiger partial charge in [0.2, 0.25) is 0 Å². The molecular formula is C25H21BN2O3S. The second-order valence-electron chi connectivity index (χ2n) is 7.31. The average Bonchev–Trinajstić information content (AvgIpc) is 2.80. The Morgan fingerprint density at radius 3 is 2.03 bits per heavy atom. The highest BCUT2D eigenvalue weighted by Gasteiger charge is 2.14. The number of hydrogen-bond donors (Lipinski definition) is 3. The van der Waals surface area contributed by atoms with E-state index in [-0.39, 0.29) is 10.6 Å². The van der Waals surface area contributed by atoms with Gasteiger partial charge in [0.15, 0.2) is 0 Å².